The van der Waals surface area contributed by atoms with Crippen LogP contribution in [0.1, 0.15) is 11.1 Å². The van der Waals surface area contributed by atoms with Gasteiger partial charge in [0.25, 0.3) is 10.0 Å². The van der Waals surface area contributed by atoms with Crippen molar-refractivity contribution in [1.29, 1.82) is 5.26 Å². The Balaban J connectivity index is 2.41. The summed E-state index contributed by atoms with van der Waals surface area (Å²) in [5, 5.41) is 9.00. The summed E-state index contributed by atoms with van der Waals surface area (Å²) in [6.45, 7) is 1.85. The summed E-state index contributed by atoms with van der Waals surface area (Å²) in [6.07, 6.45) is 1.55. The van der Waals surface area contributed by atoms with Gasteiger partial charge in [-0.15, -0.1) is 0 Å². The first-order valence-corrected chi connectivity index (χ1v) is 7.16. The number of benzene rings is 1. The lowest BCUT2D eigenvalue weighted by atomic mass is 10.2. The Labute approximate surface area is 116 Å². The fraction of sp³-hybridized carbons (Fsp3) is 0.0769. The van der Waals surface area contributed by atoms with Crippen LogP contribution >= 0.6 is 0 Å². The van der Waals surface area contributed by atoms with Crippen LogP contribution in [0.2, 0.25) is 0 Å². The minimum Gasteiger partial charge on any atom is -0.399 e. The largest absolute Gasteiger partial charge is 0.399 e. The summed E-state index contributed by atoms with van der Waals surface area (Å²) in [6, 6.07) is 9.15. The van der Waals surface area contributed by atoms with Gasteiger partial charge in [0.1, 0.15) is 16.8 Å². The highest BCUT2D eigenvalue weighted by Gasteiger charge is 2.19. The minimum atomic E-state index is -3.88. The molecule has 0 aliphatic heterocycles. The molecule has 2 aromatic rings. The van der Waals surface area contributed by atoms with Gasteiger partial charge in [-0.2, -0.15) is 5.26 Å². The number of rotatable bonds is 3. The molecule has 0 aliphatic carbocycles. The maximum Gasteiger partial charge on any atom is 0.264 e. The highest BCUT2D eigenvalue weighted by atomic mass is 32.2. The maximum absolute atomic E-state index is 12.2. The van der Waals surface area contributed by atoms with Crippen LogP contribution in [0.15, 0.2) is 41.4 Å². The van der Waals surface area contributed by atoms with Crippen LogP contribution in [0.25, 0.3) is 0 Å². The number of nitrogen functional groups attached to an aromatic ring is 1. The Morgan fingerprint density at radius 3 is 2.65 bits per heavy atom. The predicted octanol–water partition coefficient (Wildman–Crippen LogP) is 1.64. The summed E-state index contributed by atoms with van der Waals surface area (Å²) >= 11 is 0. The lowest BCUT2D eigenvalue weighted by molar-refractivity contribution is 0.601. The number of sulfonamides is 1. The number of aryl methyl sites for hydroxylation is 1. The summed E-state index contributed by atoms with van der Waals surface area (Å²) < 4.78 is 26.8. The second-order valence-corrected chi connectivity index (χ2v) is 5.84. The molecular weight excluding hydrogens is 276 g/mol. The zero-order valence-corrected chi connectivity index (χ0v) is 11.5. The molecule has 1 aromatic heterocycles. The first kappa shape index (κ1) is 13.8. The molecule has 102 valence electrons. The van der Waals surface area contributed by atoms with Crippen molar-refractivity contribution >= 4 is 21.5 Å². The van der Waals surface area contributed by atoms with Crippen LogP contribution in [0.3, 0.4) is 0 Å². The van der Waals surface area contributed by atoms with Gasteiger partial charge in [-0.1, -0.05) is 6.07 Å². The van der Waals surface area contributed by atoms with E-state index in [-0.39, 0.29) is 16.3 Å². The quantitative estimate of drug-likeness (QED) is 0.834. The van der Waals surface area contributed by atoms with Gasteiger partial charge in [0.15, 0.2) is 0 Å². The van der Waals surface area contributed by atoms with E-state index in [1.54, 1.807) is 18.3 Å². The summed E-state index contributed by atoms with van der Waals surface area (Å²) in [5.74, 6) is 0.191. The van der Waals surface area contributed by atoms with E-state index in [0.717, 1.165) is 5.56 Å². The van der Waals surface area contributed by atoms with Crippen molar-refractivity contribution in [2.24, 2.45) is 0 Å². The molecule has 3 N–H and O–H groups in total. The Bertz CT molecular complexity index is 777. The van der Waals surface area contributed by atoms with E-state index >= 15 is 0 Å². The summed E-state index contributed by atoms with van der Waals surface area (Å²) in [5.41, 5.74) is 6.77. The number of nitrogens with two attached hydrogens (primary N) is 1. The van der Waals surface area contributed by atoms with E-state index in [1.807, 2.05) is 13.0 Å². The Morgan fingerprint density at radius 2 is 2.05 bits per heavy atom. The molecule has 7 heteroatoms. The molecule has 0 bridgehead atoms. The number of aromatic nitrogens is 1. The third-order valence-electron chi connectivity index (χ3n) is 2.56. The molecule has 2 rings (SSSR count). The molecule has 0 saturated heterocycles. The van der Waals surface area contributed by atoms with Crippen LogP contribution in [0.5, 0.6) is 0 Å². The highest BCUT2D eigenvalue weighted by Crippen LogP contribution is 2.20. The summed E-state index contributed by atoms with van der Waals surface area (Å²) in [4.78, 5) is 3.84. The molecule has 0 amide bonds. The molecule has 0 radical (unpaired) electrons. The van der Waals surface area contributed by atoms with Gasteiger partial charge in [-0.25, -0.2) is 13.4 Å². The van der Waals surface area contributed by atoms with Crippen molar-refractivity contribution in [1.82, 2.24) is 4.98 Å². The van der Waals surface area contributed by atoms with Crippen molar-refractivity contribution < 1.29 is 8.42 Å². The molecule has 0 spiro atoms. The molecule has 1 aromatic carbocycles. The fourth-order valence-electron chi connectivity index (χ4n) is 1.59. The third-order valence-corrected chi connectivity index (χ3v) is 3.98. The fourth-order valence-corrected chi connectivity index (χ4v) is 2.74. The first-order valence-electron chi connectivity index (χ1n) is 5.67. The highest BCUT2D eigenvalue weighted by molar-refractivity contribution is 7.92. The number of nitrogens with zero attached hydrogens (tertiary/aromatic N) is 2. The number of nitrogens with one attached hydrogen (secondary N) is 1. The number of hydrogen-bond acceptors (Lipinski definition) is 5. The van der Waals surface area contributed by atoms with Crippen LogP contribution in [-0.2, 0) is 10.0 Å². The smallest absolute Gasteiger partial charge is 0.264 e. The Kier molecular flexibility index (Phi) is 3.59. The van der Waals surface area contributed by atoms with Gasteiger partial charge in [0.05, 0.1) is 5.56 Å². The third kappa shape index (κ3) is 2.87. The maximum atomic E-state index is 12.2. The lowest BCUT2D eigenvalue weighted by Crippen LogP contribution is -2.15. The topological polar surface area (TPSA) is 109 Å². The average Bonchev–Trinajstić information content (AvgIpc) is 2.40. The van der Waals surface area contributed by atoms with Gasteiger partial charge >= 0.3 is 0 Å². The molecule has 20 heavy (non-hydrogen) atoms. The van der Waals surface area contributed by atoms with Crippen LogP contribution in [0, 0.1) is 18.3 Å². The molecule has 0 aliphatic rings. The van der Waals surface area contributed by atoms with Crippen molar-refractivity contribution in [3.63, 3.8) is 0 Å². The van der Waals surface area contributed by atoms with E-state index in [4.69, 9.17) is 11.0 Å². The van der Waals surface area contributed by atoms with Crippen molar-refractivity contribution in [3.05, 3.63) is 47.7 Å². The lowest BCUT2D eigenvalue weighted by Gasteiger charge is -2.09. The molecule has 6 nitrogen and oxygen atoms in total. The van der Waals surface area contributed by atoms with E-state index in [0.29, 0.717) is 5.69 Å². The second kappa shape index (κ2) is 5.19. The van der Waals surface area contributed by atoms with Gasteiger partial charge < -0.3 is 5.73 Å². The molecule has 1 heterocycles. The molecule has 0 atom stereocenters. The van der Waals surface area contributed by atoms with Crippen LogP contribution < -0.4 is 10.5 Å². The van der Waals surface area contributed by atoms with E-state index in [2.05, 4.69) is 9.71 Å². The summed E-state index contributed by atoms with van der Waals surface area (Å²) in [7, 11) is -3.88. The number of pyridine rings is 1. The molecule has 0 unspecified atom stereocenters. The molecule has 0 saturated carbocycles. The minimum absolute atomic E-state index is 0.00962. The number of hydrogen-bond donors (Lipinski definition) is 2. The number of nitriles is 1. The van der Waals surface area contributed by atoms with E-state index in [1.165, 1.54) is 18.2 Å². The van der Waals surface area contributed by atoms with E-state index < -0.39 is 10.0 Å². The van der Waals surface area contributed by atoms with E-state index in [9.17, 15) is 8.42 Å². The Hall–Kier alpha value is -2.59. The zero-order chi connectivity index (χ0) is 14.8. The first-order chi connectivity index (χ1) is 9.42. The van der Waals surface area contributed by atoms with Crippen molar-refractivity contribution in [2.75, 3.05) is 10.5 Å². The van der Waals surface area contributed by atoms with Gasteiger partial charge in [0, 0.05) is 11.9 Å². The second-order valence-electron chi connectivity index (χ2n) is 4.19. The van der Waals surface area contributed by atoms with Gasteiger partial charge in [0.2, 0.25) is 0 Å². The SMILES string of the molecule is Cc1ccc(NS(=O)(=O)c2ccc(N)cc2C#N)nc1. The van der Waals surface area contributed by atoms with Crippen molar-refractivity contribution in [3.8, 4) is 6.07 Å². The van der Waals surface area contributed by atoms with Crippen LogP contribution in [-0.4, -0.2) is 13.4 Å². The Morgan fingerprint density at radius 1 is 1.30 bits per heavy atom. The zero-order valence-electron chi connectivity index (χ0n) is 10.7. The molecular formula is C13H12N4O2S. The average molecular weight is 288 g/mol. The predicted molar refractivity (Wildman–Crippen MR) is 75.4 cm³/mol. The standard InChI is InChI=1S/C13H12N4O2S/c1-9-2-5-13(16-8-9)17-20(18,19)12-4-3-11(15)6-10(12)7-14/h2-6,8H,15H2,1H3,(H,16,17). The monoisotopic (exact) mass is 288 g/mol. The van der Waals surface area contributed by atoms with Crippen LogP contribution in [0.4, 0.5) is 11.5 Å². The normalized spacial score (nSPS) is 10.8. The molecule has 0 fully saturated rings. The van der Waals surface area contributed by atoms with Gasteiger partial charge in [-0.05, 0) is 36.8 Å². The number of anilines is 2. The van der Waals surface area contributed by atoms with Gasteiger partial charge in [-0.3, -0.25) is 4.72 Å². The van der Waals surface area contributed by atoms with Crippen molar-refractivity contribution in [2.45, 2.75) is 11.8 Å².